The lowest BCUT2D eigenvalue weighted by atomic mass is 10.2. The summed E-state index contributed by atoms with van der Waals surface area (Å²) in [5.74, 6) is 0. The van der Waals surface area contributed by atoms with Gasteiger partial charge in [-0.1, -0.05) is 40.2 Å². The molecule has 0 heterocycles. The molecule has 1 aromatic carbocycles. The van der Waals surface area contributed by atoms with Crippen molar-refractivity contribution in [1.29, 1.82) is 0 Å². The fourth-order valence-corrected chi connectivity index (χ4v) is 1.40. The van der Waals surface area contributed by atoms with Gasteiger partial charge < -0.3 is 10.1 Å². The van der Waals surface area contributed by atoms with Crippen molar-refractivity contribution >= 4 is 28.1 Å². The average Bonchev–Trinajstić information content (AvgIpc) is 2.26. The summed E-state index contributed by atoms with van der Waals surface area (Å²) in [7, 11) is 1.53. The largest absolute Gasteiger partial charge is 0.445 e. The molecule has 1 amide bonds. The molecule has 1 aromatic rings. The molecule has 1 rings (SSSR count). The first kappa shape index (κ1) is 11.8. The summed E-state index contributed by atoms with van der Waals surface area (Å²) >= 11 is 3.42. The van der Waals surface area contributed by atoms with Gasteiger partial charge in [0.15, 0.2) is 0 Å². The van der Waals surface area contributed by atoms with Crippen molar-refractivity contribution in [2.24, 2.45) is 0 Å². The summed E-state index contributed by atoms with van der Waals surface area (Å²) in [4.78, 5) is 10.7. The van der Waals surface area contributed by atoms with Gasteiger partial charge in [-0.2, -0.15) is 0 Å². The molecule has 0 saturated heterocycles. The Bertz CT molecular complexity index is 363. The molecule has 0 bridgehead atoms. The maximum absolute atomic E-state index is 10.7. The van der Waals surface area contributed by atoms with Crippen LogP contribution in [0.25, 0.3) is 6.08 Å². The average molecular weight is 270 g/mol. The Morgan fingerprint density at radius 2 is 2.27 bits per heavy atom. The molecule has 4 heteroatoms. The van der Waals surface area contributed by atoms with E-state index in [0.29, 0.717) is 0 Å². The van der Waals surface area contributed by atoms with Crippen LogP contribution in [0.3, 0.4) is 0 Å². The van der Waals surface area contributed by atoms with E-state index in [1.807, 2.05) is 30.3 Å². The first-order valence-corrected chi connectivity index (χ1v) is 5.29. The number of halogens is 1. The minimum Gasteiger partial charge on any atom is -0.445 e. The Labute approximate surface area is 97.3 Å². The quantitative estimate of drug-likeness (QED) is 0.917. The molecule has 0 aliphatic rings. The Kier molecular flexibility index (Phi) is 4.90. The van der Waals surface area contributed by atoms with Crippen LogP contribution in [0.2, 0.25) is 0 Å². The van der Waals surface area contributed by atoms with E-state index in [4.69, 9.17) is 4.74 Å². The Balaban J connectivity index is 2.45. The lowest BCUT2D eigenvalue weighted by molar-refractivity contribution is 0.161. The molecule has 3 nitrogen and oxygen atoms in total. The number of nitrogens with one attached hydrogen (secondary N) is 1. The SMILES string of the molecule is CNC(=O)OCC=Cc1ccccc1Br. The van der Waals surface area contributed by atoms with Crippen LogP contribution in [-0.4, -0.2) is 19.7 Å². The maximum Gasteiger partial charge on any atom is 0.407 e. The van der Waals surface area contributed by atoms with Gasteiger partial charge in [-0.05, 0) is 17.7 Å². The van der Waals surface area contributed by atoms with E-state index in [1.165, 1.54) is 7.05 Å². The highest BCUT2D eigenvalue weighted by atomic mass is 79.9. The second-order valence-corrected chi connectivity index (χ2v) is 3.63. The van der Waals surface area contributed by atoms with Gasteiger partial charge in [0, 0.05) is 11.5 Å². The first-order valence-electron chi connectivity index (χ1n) is 4.49. The van der Waals surface area contributed by atoms with Crippen LogP contribution in [0.5, 0.6) is 0 Å². The minimum atomic E-state index is -0.424. The Morgan fingerprint density at radius 1 is 1.53 bits per heavy atom. The van der Waals surface area contributed by atoms with Crippen LogP contribution in [-0.2, 0) is 4.74 Å². The fraction of sp³-hybridized carbons (Fsp3) is 0.182. The minimum absolute atomic E-state index is 0.265. The molecule has 1 N–H and O–H groups in total. The van der Waals surface area contributed by atoms with E-state index in [0.717, 1.165) is 10.0 Å². The van der Waals surface area contributed by atoms with Gasteiger partial charge in [0.05, 0.1) is 0 Å². The topological polar surface area (TPSA) is 38.3 Å². The fourth-order valence-electron chi connectivity index (χ4n) is 0.981. The van der Waals surface area contributed by atoms with Crippen molar-refractivity contribution in [3.8, 4) is 0 Å². The zero-order valence-electron chi connectivity index (χ0n) is 8.37. The smallest absolute Gasteiger partial charge is 0.407 e. The van der Waals surface area contributed by atoms with Crippen molar-refractivity contribution in [2.45, 2.75) is 0 Å². The van der Waals surface area contributed by atoms with Crippen molar-refractivity contribution in [2.75, 3.05) is 13.7 Å². The van der Waals surface area contributed by atoms with Crippen molar-refractivity contribution in [1.82, 2.24) is 5.32 Å². The second-order valence-electron chi connectivity index (χ2n) is 2.77. The zero-order valence-corrected chi connectivity index (χ0v) is 9.95. The van der Waals surface area contributed by atoms with Crippen molar-refractivity contribution < 1.29 is 9.53 Å². The maximum atomic E-state index is 10.7. The zero-order chi connectivity index (χ0) is 11.1. The number of alkyl carbamates (subject to hydrolysis) is 1. The molecule has 0 saturated carbocycles. The van der Waals surface area contributed by atoms with Crippen LogP contribution < -0.4 is 5.32 Å². The Morgan fingerprint density at radius 3 is 2.93 bits per heavy atom. The van der Waals surface area contributed by atoms with Gasteiger partial charge in [0.1, 0.15) is 6.61 Å². The third-order valence-corrected chi connectivity index (χ3v) is 2.44. The number of carbonyl (C=O) groups excluding carboxylic acids is 1. The van der Waals surface area contributed by atoms with E-state index in [-0.39, 0.29) is 6.61 Å². The molecule has 0 aliphatic heterocycles. The monoisotopic (exact) mass is 269 g/mol. The molecule has 15 heavy (non-hydrogen) atoms. The number of ether oxygens (including phenoxy) is 1. The van der Waals surface area contributed by atoms with Crippen LogP contribution in [0.4, 0.5) is 4.79 Å². The summed E-state index contributed by atoms with van der Waals surface area (Å²) in [6, 6.07) is 7.83. The summed E-state index contributed by atoms with van der Waals surface area (Å²) in [6.07, 6.45) is 3.26. The summed E-state index contributed by atoms with van der Waals surface area (Å²) < 4.78 is 5.82. The highest BCUT2D eigenvalue weighted by Crippen LogP contribution is 2.16. The number of hydrogen-bond acceptors (Lipinski definition) is 2. The number of hydrogen-bond donors (Lipinski definition) is 1. The van der Waals surface area contributed by atoms with Gasteiger partial charge in [-0.25, -0.2) is 4.79 Å². The van der Waals surface area contributed by atoms with E-state index in [9.17, 15) is 4.79 Å². The number of carbonyl (C=O) groups is 1. The van der Waals surface area contributed by atoms with Crippen LogP contribution in [0.1, 0.15) is 5.56 Å². The summed E-state index contributed by atoms with van der Waals surface area (Å²) in [5, 5.41) is 2.37. The van der Waals surface area contributed by atoms with Gasteiger partial charge in [-0.3, -0.25) is 0 Å². The predicted molar refractivity (Wildman–Crippen MR) is 63.6 cm³/mol. The van der Waals surface area contributed by atoms with E-state index in [1.54, 1.807) is 6.08 Å². The molecule has 80 valence electrons. The lowest BCUT2D eigenvalue weighted by Gasteiger charge is -1.99. The van der Waals surface area contributed by atoms with Crippen LogP contribution in [0, 0.1) is 0 Å². The molecule has 0 atom stereocenters. The van der Waals surface area contributed by atoms with E-state index < -0.39 is 6.09 Å². The third-order valence-electron chi connectivity index (χ3n) is 1.72. The molecule has 0 radical (unpaired) electrons. The summed E-state index contributed by atoms with van der Waals surface area (Å²) in [5.41, 5.74) is 1.05. The van der Waals surface area contributed by atoms with Gasteiger partial charge in [0.25, 0.3) is 0 Å². The standard InChI is InChI=1S/C11H12BrNO2/c1-13-11(14)15-8-4-6-9-5-2-3-7-10(9)12/h2-7H,8H2,1H3,(H,13,14). The van der Waals surface area contributed by atoms with Gasteiger partial charge in [-0.15, -0.1) is 0 Å². The number of rotatable bonds is 3. The molecule has 0 fully saturated rings. The molecular weight excluding hydrogens is 258 g/mol. The highest BCUT2D eigenvalue weighted by Gasteiger charge is 1.94. The third kappa shape index (κ3) is 4.16. The molecule has 0 aromatic heterocycles. The van der Waals surface area contributed by atoms with Crippen LogP contribution in [0.15, 0.2) is 34.8 Å². The van der Waals surface area contributed by atoms with Crippen LogP contribution >= 0.6 is 15.9 Å². The van der Waals surface area contributed by atoms with E-state index in [2.05, 4.69) is 21.2 Å². The van der Waals surface area contributed by atoms with Crippen molar-refractivity contribution in [3.63, 3.8) is 0 Å². The predicted octanol–water partition coefficient (Wildman–Crippen LogP) is 2.82. The lowest BCUT2D eigenvalue weighted by Crippen LogP contribution is -2.18. The normalized spacial score (nSPS) is 10.3. The molecule has 0 unspecified atom stereocenters. The number of amides is 1. The first-order chi connectivity index (χ1) is 7.24. The highest BCUT2D eigenvalue weighted by molar-refractivity contribution is 9.10. The summed E-state index contributed by atoms with van der Waals surface area (Å²) in [6.45, 7) is 0.265. The molecule has 0 aliphatic carbocycles. The van der Waals surface area contributed by atoms with Gasteiger partial charge in [0.2, 0.25) is 0 Å². The van der Waals surface area contributed by atoms with E-state index >= 15 is 0 Å². The van der Waals surface area contributed by atoms with Crippen molar-refractivity contribution in [3.05, 3.63) is 40.4 Å². The Hall–Kier alpha value is -1.29. The molecule has 0 spiro atoms. The van der Waals surface area contributed by atoms with Gasteiger partial charge >= 0.3 is 6.09 Å². The number of benzene rings is 1. The second kappa shape index (κ2) is 6.24. The molecular formula is C11H12BrNO2.